The topological polar surface area (TPSA) is 104 Å². The quantitative estimate of drug-likeness (QED) is 0.450. The van der Waals surface area contributed by atoms with Crippen LogP contribution in [-0.4, -0.2) is 54.0 Å². The van der Waals surface area contributed by atoms with Gasteiger partial charge in [0.05, 0.1) is 13.5 Å². The average Bonchev–Trinajstić information content (AvgIpc) is 3.32. The molecule has 1 unspecified atom stereocenters. The lowest BCUT2D eigenvalue weighted by atomic mass is 10.1. The van der Waals surface area contributed by atoms with Crippen molar-refractivity contribution in [2.75, 3.05) is 20.2 Å². The Labute approximate surface area is 185 Å². The highest BCUT2D eigenvalue weighted by atomic mass is 16.5. The Morgan fingerprint density at radius 2 is 1.94 bits per heavy atom. The zero-order valence-electron chi connectivity index (χ0n) is 17.9. The summed E-state index contributed by atoms with van der Waals surface area (Å²) in [5, 5.41) is 6.51. The molecule has 8 heteroatoms. The van der Waals surface area contributed by atoms with Gasteiger partial charge in [-0.05, 0) is 42.2 Å². The van der Waals surface area contributed by atoms with Gasteiger partial charge < -0.3 is 20.4 Å². The summed E-state index contributed by atoms with van der Waals surface area (Å²) in [5.41, 5.74) is 3.11. The van der Waals surface area contributed by atoms with Crippen LogP contribution in [-0.2, 0) is 22.4 Å². The van der Waals surface area contributed by atoms with Gasteiger partial charge in [-0.25, -0.2) is 4.79 Å². The van der Waals surface area contributed by atoms with Crippen LogP contribution in [0, 0.1) is 0 Å². The number of H-pyrrole nitrogens is 1. The van der Waals surface area contributed by atoms with Crippen LogP contribution in [0.2, 0.25) is 0 Å². The van der Waals surface area contributed by atoms with Gasteiger partial charge in [0, 0.05) is 30.2 Å². The van der Waals surface area contributed by atoms with Crippen LogP contribution < -0.4 is 15.4 Å². The normalized spacial score (nSPS) is 15.8. The summed E-state index contributed by atoms with van der Waals surface area (Å²) in [6.07, 6.45) is 3.05. The highest BCUT2D eigenvalue weighted by Crippen LogP contribution is 2.23. The molecule has 2 heterocycles. The van der Waals surface area contributed by atoms with E-state index in [0.29, 0.717) is 19.4 Å². The second-order valence-corrected chi connectivity index (χ2v) is 7.76. The first kappa shape index (κ1) is 21.4. The number of methoxy groups -OCH3 is 1. The second-order valence-electron chi connectivity index (χ2n) is 7.76. The van der Waals surface area contributed by atoms with E-state index in [1.54, 1.807) is 7.11 Å². The maximum Gasteiger partial charge on any atom is 0.324 e. The molecule has 1 aromatic heterocycles. The third-order valence-corrected chi connectivity index (χ3v) is 5.65. The zero-order valence-corrected chi connectivity index (χ0v) is 17.9. The summed E-state index contributed by atoms with van der Waals surface area (Å²) in [5.74, 6) is 0.144. The number of benzene rings is 2. The maximum atomic E-state index is 12.6. The minimum atomic E-state index is -0.823. The van der Waals surface area contributed by atoms with E-state index in [4.69, 9.17) is 4.74 Å². The van der Waals surface area contributed by atoms with Crippen LogP contribution in [0.1, 0.15) is 17.5 Å². The lowest BCUT2D eigenvalue weighted by Crippen LogP contribution is -2.37. The Hall–Kier alpha value is -3.81. The van der Waals surface area contributed by atoms with Gasteiger partial charge in [0.2, 0.25) is 5.91 Å². The Morgan fingerprint density at radius 1 is 1.12 bits per heavy atom. The van der Waals surface area contributed by atoms with Gasteiger partial charge in [-0.3, -0.25) is 14.5 Å². The SMILES string of the molecule is COc1ccc2[nH]cc(CCNC(=O)CC3NC(=O)N(CCc4ccccc4)C3=O)c2c1. The predicted molar refractivity (Wildman–Crippen MR) is 120 cm³/mol. The van der Waals surface area contributed by atoms with E-state index >= 15 is 0 Å². The first-order chi connectivity index (χ1) is 15.5. The third-order valence-electron chi connectivity index (χ3n) is 5.65. The fraction of sp³-hybridized carbons (Fsp3) is 0.292. The molecular weight excluding hydrogens is 408 g/mol. The van der Waals surface area contributed by atoms with E-state index in [-0.39, 0.29) is 24.8 Å². The van der Waals surface area contributed by atoms with Gasteiger partial charge in [0.25, 0.3) is 5.91 Å². The molecule has 1 fully saturated rings. The van der Waals surface area contributed by atoms with Crippen molar-refractivity contribution in [1.29, 1.82) is 0 Å². The van der Waals surface area contributed by atoms with Crippen molar-refractivity contribution < 1.29 is 19.1 Å². The molecule has 0 bridgehead atoms. The molecule has 32 heavy (non-hydrogen) atoms. The number of nitrogens with zero attached hydrogens (tertiary/aromatic N) is 1. The number of carbonyl (C=O) groups is 3. The maximum absolute atomic E-state index is 12.6. The van der Waals surface area contributed by atoms with Crippen molar-refractivity contribution in [1.82, 2.24) is 20.5 Å². The van der Waals surface area contributed by atoms with Gasteiger partial charge in [0.1, 0.15) is 11.8 Å². The van der Waals surface area contributed by atoms with E-state index in [1.807, 2.05) is 54.7 Å². The van der Waals surface area contributed by atoms with Crippen molar-refractivity contribution in [2.45, 2.75) is 25.3 Å². The number of amides is 4. The Balaban J connectivity index is 1.26. The van der Waals surface area contributed by atoms with Crippen LogP contribution in [0.5, 0.6) is 5.75 Å². The van der Waals surface area contributed by atoms with E-state index in [0.717, 1.165) is 27.8 Å². The monoisotopic (exact) mass is 434 g/mol. The number of urea groups is 1. The summed E-state index contributed by atoms with van der Waals surface area (Å²) < 4.78 is 5.28. The third kappa shape index (κ3) is 4.74. The lowest BCUT2D eigenvalue weighted by molar-refractivity contribution is -0.130. The average molecular weight is 434 g/mol. The molecule has 0 saturated carbocycles. The summed E-state index contributed by atoms with van der Waals surface area (Å²) in [7, 11) is 1.62. The molecule has 1 saturated heterocycles. The molecule has 0 spiro atoms. The van der Waals surface area contributed by atoms with Crippen LogP contribution >= 0.6 is 0 Å². The summed E-state index contributed by atoms with van der Waals surface area (Å²) in [6.45, 7) is 0.715. The molecule has 0 aliphatic carbocycles. The standard InChI is InChI=1S/C24H26N4O4/c1-32-18-7-8-20-19(13-18)17(15-26-20)9-11-25-22(29)14-21-23(30)28(24(31)27-21)12-10-16-5-3-2-4-6-16/h2-8,13,15,21,26H,9-12,14H2,1H3,(H,25,29)(H,27,31). The molecule has 8 nitrogen and oxygen atoms in total. The predicted octanol–water partition coefficient (Wildman–Crippen LogP) is 2.39. The molecule has 1 aliphatic heterocycles. The zero-order chi connectivity index (χ0) is 22.5. The van der Waals surface area contributed by atoms with E-state index in [2.05, 4.69) is 15.6 Å². The van der Waals surface area contributed by atoms with Gasteiger partial charge in [-0.1, -0.05) is 30.3 Å². The van der Waals surface area contributed by atoms with Crippen molar-refractivity contribution in [3.63, 3.8) is 0 Å². The number of hydrogen-bond acceptors (Lipinski definition) is 4. The molecular formula is C24H26N4O4. The highest BCUT2D eigenvalue weighted by molar-refractivity contribution is 6.05. The largest absolute Gasteiger partial charge is 0.497 e. The van der Waals surface area contributed by atoms with Crippen molar-refractivity contribution in [3.8, 4) is 5.75 Å². The van der Waals surface area contributed by atoms with E-state index in [9.17, 15) is 14.4 Å². The molecule has 1 aliphatic rings. The highest BCUT2D eigenvalue weighted by Gasteiger charge is 2.38. The summed E-state index contributed by atoms with van der Waals surface area (Å²) in [6, 6.07) is 14.2. The fourth-order valence-electron chi connectivity index (χ4n) is 3.90. The van der Waals surface area contributed by atoms with Crippen molar-refractivity contribution >= 4 is 28.7 Å². The lowest BCUT2D eigenvalue weighted by Gasteiger charge is -2.13. The number of carbonyl (C=O) groups excluding carboxylic acids is 3. The summed E-state index contributed by atoms with van der Waals surface area (Å²) in [4.78, 5) is 41.5. The Kier molecular flexibility index (Phi) is 6.39. The van der Waals surface area contributed by atoms with Crippen LogP contribution in [0.15, 0.2) is 54.7 Å². The second kappa shape index (κ2) is 9.55. The Morgan fingerprint density at radius 3 is 2.72 bits per heavy atom. The van der Waals surface area contributed by atoms with E-state index in [1.165, 1.54) is 4.90 Å². The van der Waals surface area contributed by atoms with Gasteiger partial charge in [-0.2, -0.15) is 0 Å². The first-order valence-electron chi connectivity index (χ1n) is 10.6. The Bertz CT molecular complexity index is 1130. The number of ether oxygens (including phenoxy) is 1. The number of fused-ring (bicyclic) bond motifs is 1. The molecule has 3 aromatic rings. The minimum absolute atomic E-state index is 0.0753. The smallest absolute Gasteiger partial charge is 0.324 e. The van der Waals surface area contributed by atoms with Crippen molar-refractivity contribution in [3.05, 3.63) is 65.9 Å². The van der Waals surface area contributed by atoms with Gasteiger partial charge in [-0.15, -0.1) is 0 Å². The van der Waals surface area contributed by atoms with Crippen molar-refractivity contribution in [2.24, 2.45) is 0 Å². The number of aromatic amines is 1. The molecule has 3 N–H and O–H groups in total. The van der Waals surface area contributed by atoms with Gasteiger partial charge >= 0.3 is 6.03 Å². The number of hydrogen-bond donors (Lipinski definition) is 3. The molecule has 1 atom stereocenters. The first-order valence-corrected chi connectivity index (χ1v) is 10.6. The molecule has 4 rings (SSSR count). The van der Waals surface area contributed by atoms with Crippen LogP contribution in [0.25, 0.3) is 10.9 Å². The number of imide groups is 1. The van der Waals surface area contributed by atoms with Crippen LogP contribution in [0.3, 0.4) is 0 Å². The van der Waals surface area contributed by atoms with E-state index < -0.39 is 12.1 Å². The molecule has 166 valence electrons. The number of aromatic nitrogens is 1. The number of rotatable bonds is 9. The van der Waals surface area contributed by atoms with Gasteiger partial charge in [0.15, 0.2) is 0 Å². The van der Waals surface area contributed by atoms with Crippen LogP contribution in [0.4, 0.5) is 4.79 Å². The summed E-state index contributed by atoms with van der Waals surface area (Å²) >= 11 is 0. The molecule has 4 amide bonds. The minimum Gasteiger partial charge on any atom is -0.497 e. The number of nitrogens with one attached hydrogen (secondary N) is 3. The molecule has 2 aromatic carbocycles. The fourth-order valence-corrected chi connectivity index (χ4v) is 3.90. The molecule has 0 radical (unpaired) electrons.